The third kappa shape index (κ3) is 8.26. The first-order valence-electron chi connectivity index (χ1n) is 9.72. The van der Waals surface area contributed by atoms with Crippen molar-refractivity contribution in [2.24, 2.45) is 10.2 Å². The number of phenolic OH excluding ortho intramolecular Hbond substituents is 1. The van der Waals surface area contributed by atoms with Gasteiger partial charge in [0.15, 0.2) is 0 Å². The molecule has 0 saturated carbocycles. The number of hydrogen-bond donors (Lipinski definition) is 3. The van der Waals surface area contributed by atoms with Gasteiger partial charge in [-0.3, -0.25) is 5.04 Å². The zero-order chi connectivity index (χ0) is 26.7. The Kier molecular flexibility index (Phi) is 12.0. The molecule has 0 atom stereocenters. The maximum atomic E-state index is 13.4. The van der Waals surface area contributed by atoms with E-state index in [0.717, 1.165) is 24.3 Å². The van der Waals surface area contributed by atoms with Gasteiger partial charge < -0.3 is 26.0 Å². The molecular weight excluding hydrogens is 584 g/mol. The van der Waals surface area contributed by atoms with Crippen molar-refractivity contribution in [2.75, 3.05) is 11.1 Å². The molecule has 0 saturated heterocycles. The van der Waals surface area contributed by atoms with Crippen LogP contribution in [0.1, 0.15) is 0 Å². The third-order valence-corrected chi connectivity index (χ3v) is 6.09. The topological polar surface area (TPSA) is 208 Å². The van der Waals surface area contributed by atoms with Gasteiger partial charge >= 0.3 is 65.2 Å². The first-order chi connectivity index (χ1) is 17.5. The van der Waals surface area contributed by atoms with E-state index in [4.69, 9.17) is 5.73 Å². The van der Waals surface area contributed by atoms with Crippen LogP contribution in [0.15, 0.2) is 68.6 Å². The van der Waals surface area contributed by atoms with Crippen LogP contribution in [0.25, 0.3) is 10.8 Å². The number of aromatic nitrogens is 2. The quantitative estimate of drug-likeness (QED) is 0.0222. The molecule has 4 rings (SSSR count). The van der Waals surface area contributed by atoms with Gasteiger partial charge in [-0.1, -0.05) is 6.07 Å². The Hall–Kier alpha value is -2.00. The van der Waals surface area contributed by atoms with Crippen molar-refractivity contribution in [2.45, 2.75) is 9.79 Å². The van der Waals surface area contributed by atoms with E-state index in [2.05, 4.69) is 34.9 Å². The van der Waals surface area contributed by atoms with Gasteiger partial charge in [0.2, 0.25) is 5.95 Å². The standard InChI is InChI=1S/C20H14F2N6O7S2.2Na/c21-16-8-17(26-20(22)25-16)24-10-2-4-15(37(31,32)33)13(6-10)27-28-19-12(23)3-1-9-5-11(36-35-34-30)7-14(29)18(9)19;;/h1-8,29-30H,23H2,(H,24,25,26)(H,31,32,33);;/q;2*+1/p-2. The maximum Gasteiger partial charge on any atom is 1.00 e. The largest absolute Gasteiger partial charge is 1.00 e. The van der Waals surface area contributed by atoms with Gasteiger partial charge in [0.1, 0.15) is 33.1 Å². The molecule has 192 valence electrons. The molecule has 19 heteroatoms. The fourth-order valence-electron chi connectivity index (χ4n) is 3.21. The number of nitrogens with zero attached hydrogens (tertiary/aromatic N) is 4. The van der Waals surface area contributed by atoms with E-state index >= 15 is 0 Å². The van der Waals surface area contributed by atoms with E-state index in [-0.39, 0.29) is 93.1 Å². The molecule has 0 unspecified atom stereocenters. The van der Waals surface area contributed by atoms with Crippen LogP contribution in [-0.4, -0.2) is 28.0 Å². The molecule has 4 N–H and O–H groups in total. The molecule has 0 spiro atoms. The smallest absolute Gasteiger partial charge is 0.744 e. The Balaban J connectivity index is 0.00000267. The summed E-state index contributed by atoms with van der Waals surface area (Å²) in [6.07, 6.45) is -1.35. The number of halogens is 2. The number of nitrogens with two attached hydrogens (primary N) is 1. The van der Waals surface area contributed by atoms with Crippen molar-refractivity contribution >= 4 is 61.5 Å². The maximum absolute atomic E-state index is 13.4. The molecule has 0 aliphatic rings. The van der Waals surface area contributed by atoms with Crippen LogP contribution in [0.5, 0.6) is 5.75 Å². The number of nitrogen functional groups attached to an aromatic ring is 1. The van der Waals surface area contributed by atoms with E-state index in [1.165, 1.54) is 24.3 Å². The summed E-state index contributed by atoms with van der Waals surface area (Å²) in [7, 11) is -5.03. The Labute approximate surface area is 267 Å². The second kappa shape index (κ2) is 14.1. The van der Waals surface area contributed by atoms with Crippen LogP contribution in [-0.2, 0) is 19.5 Å². The van der Waals surface area contributed by atoms with Crippen LogP contribution in [0, 0.1) is 12.0 Å². The average molecular weight is 596 g/mol. The van der Waals surface area contributed by atoms with Gasteiger partial charge in [-0.2, -0.15) is 23.1 Å². The monoisotopic (exact) mass is 596 g/mol. The number of fused-ring (bicyclic) bond motifs is 1. The molecule has 1 heterocycles. The number of rotatable bonds is 8. The van der Waals surface area contributed by atoms with Crippen LogP contribution < -0.4 is 75.4 Å². The number of benzene rings is 3. The van der Waals surface area contributed by atoms with Gasteiger partial charge in [0, 0.05) is 16.6 Å². The SMILES string of the molecule is Nc1ccc2cc(SOO[O-])cc(O)c2c1N=Nc1cc(Nc2cc(F)nc(F)n2)ccc1S(=O)(=O)[O-].[Na+].[Na+]. The first-order valence-corrected chi connectivity index (χ1v) is 11.9. The van der Waals surface area contributed by atoms with Crippen LogP contribution in [0.2, 0.25) is 0 Å². The molecule has 0 aliphatic carbocycles. The predicted octanol–water partition coefficient (Wildman–Crippen LogP) is -2.50. The normalized spacial score (nSPS) is 11.3. The molecule has 13 nitrogen and oxygen atoms in total. The molecule has 0 radical (unpaired) electrons. The second-order valence-electron chi connectivity index (χ2n) is 7.07. The summed E-state index contributed by atoms with van der Waals surface area (Å²) >= 11 is 0.534. The van der Waals surface area contributed by atoms with E-state index < -0.39 is 32.7 Å². The molecular formula is C20H12F2N6Na2O7S2. The molecule has 0 bridgehead atoms. The van der Waals surface area contributed by atoms with Crippen LogP contribution in [0.3, 0.4) is 0 Å². The minimum atomic E-state index is -5.03. The summed E-state index contributed by atoms with van der Waals surface area (Å²) in [6.45, 7) is 0. The van der Waals surface area contributed by atoms with Crippen molar-refractivity contribution in [3.8, 4) is 5.75 Å². The van der Waals surface area contributed by atoms with E-state index in [9.17, 15) is 32.1 Å². The molecule has 4 aromatic rings. The van der Waals surface area contributed by atoms with Gasteiger partial charge in [-0.15, -0.1) is 10.2 Å². The van der Waals surface area contributed by atoms with Gasteiger partial charge in [-0.05, 0) is 41.8 Å². The summed E-state index contributed by atoms with van der Waals surface area (Å²) < 4.78 is 66.2. The van der Waals surface area contributed by atoms with Crippen molar-refractivity contribution < 1.29 is 101 Å². The second-order valence-corrected chi connectivity index (χ2v) is 9.19. The Morgan fingerprint density at radius 2 is 1.79 bits per heavy atom. The molecule has 0 aliphatic heterocycles. The number of aromatic hydroxyl groups is 1. The molecule has 39 heavy (non-hydrogen) atoms. The van der Waals surface area contributed by atoms with Crippen molar-refractivity contribution in [1.29, 1.82) is 0 Å². The minimum absolute atomic E-state index is 0. The zero-order valence-corrected chi connectivity index (χ0v) is 25.6. The van der Waals surface area contributed by atoms with Crippen molar-refractivity contribution in [3.05, 3.63) is 60.6 Å². The Bertz CT molecular complexity index is 1630. The summed E-state index contributed by atoms with van der Waals surface area (Å²) in [5, 5.41) is 34.7. The molecule has 1 aromatic heterocycles. The first kappa shape index (κ1) is 33.2. The van der Waals surface area contributed by atoms with E-state index in [1.54, 1.807) is 0 Å². The number of phenols is 1. The number of hydrogen-bond acceptors (Lipinski definition) is 14. The number of anilines is 3. The summed E-state index contributed by atoms with van der Waals surface area (Å²) in [5.74, 6) is -1.79. The van der Waals surface area contributed by atoms with Crippen LogP contribution in [0.4, 0.5) is 37.3 Å². The summed E-state index contributed by atoms with van der Waals surface area (Å²) in [4.78, 5) is 5.77. The van der Waals surface area contributed by atoms with Crippen molar-refractivity contribution in [3.63, 3.8) is 0 Å². The average Bonchev–Trinajstić information content (AvgIpc) is 2.81. The fraction of sp³-hybridized carbons (Fsp3) is 0. The molecule has 0 amide bonds. The van der Waals surface area contributed by atoms with Crippen LogP contribution >= 0.6 is 12.0 Å². The van der Waals surface area contributed by atoms with Gasteiger partial charge in [0.25, 0.3) is 0 Å². The number of nitrogens with one attached hydrogen (secondary N) is 1. The zero-order valence-electron chi connectivity index (χ0n) is 20.0. The molecule has 0 fully saturated rings. The summed E-state index contributed by atoms with van der Waals surface area (Å²) in [5.41, 5.74) is 5.57. The van der Waals surface area contributed by atoms with E-state index in [0.29, 0.717) is 22.3 Å². The third-order valence-electron chi connectivity index (χ3n) is 4.66. The summed E-state index contributed by atoms with van der Waals surface area (Å²) in [6, 6.07) is 9.61. The van der Waals surface area contributed by atoms with Crippen molar-refractivity contribution in [1.82, 2.24) is 9.97 Å². The van der Waals surface area contributed by atoms with E-state index in [1.807, 2.05) is 0 Å². The number of azo groups is 1. The Morgan fingerprint density at radius 1 is 1.05 bits per heavy atom. The molecule has 3 aromatic carbocycles. The van der Waals surface area contributed by atoms with Gasteiger partial charge in [-0.25, -0.2) is 8.42 Å². The predicted molar refractivity (Wildman–Crippen MR) is 122 cm³/mol. The minimum Gasteiger partial charge on any atom is -0.744 e. The van der Waals surface area contributed by atoms with Gasteiger partial charge in [0.05, 0.1) is 28.0 Å². The fourth-order valence-corrected chi connectivity index (χ4v) is 4.25. The Morgan fingerprint density at radius 3 is 2.46 bits per heavy atom.